The van der Waals surface area contributed by atoms with Crippen molar-refractivity contribution in [3.8, 4) is 0 Å². The molecule has 4 nitrogen and oxygen atoms in total. The monoisotopic (exact) mass is 245 g/mol. The van der Waals surface area contributed by atoms with E-state index in [1.165, 1.54) is 6.26 Å². The van der Waals surface area contributed by atoms with Crippen LogP contribution in [0.1, 0.15) is 27.2 Å². The van der Waals surface area contributed by atoms with Crippen LogP contribution in [0.25, 0.3) is 0 Å². The van der Waals surface area contributed by atoms with E-state index in [4.69, 9.17) is 9.52 Å². The van der Waals surface area contributed by atoms with Crippen LogP contribution in [-0.2, 0) is 13.2 Å². The number of carbonyl (C=O) groups excluding carboxylic acids is 1. The summed E-state index contributed by atoms with van der Waals surface area (Å²) in [6.07, 6.45) is 1.50. The van der Waals surface area contributed by atoms with Crippen LogP contribution in [0.4, 0.5) is 0 Å². The van der Waals surface area contributed by atoms with Gasteiger partial charge in [-0.15, -0.1) is 0 Å². The summed E-state index contributed by atoms with van der Waals surface area (Å²) in [6.45, 7) is 2.18. The Morgan fingerprint density at radius 1 is 1.33 bits per heavy atom. The topological polar surface area (TPSA) is 62.5 Å². The molecule has 1 amide bonds. The Morgan fingerprint density at radius 3 is 2.78 bits per heavy atom. The van der Waals surface area contributed by atoms with Crippen molar-refractivity contribution in [1.82, 2.24) is 5.32 Å². The fourth-order valence-corrected chi connectivity index (χ4v) is 1.74. The van der Waals surface area contributed by atoms with Crippen LogP contribution in [-0.4, -0.2) is 11.0 Å². The number of nitrogens with one attached hydrogen (secondary N) is 1. The van der Waals surface area contributed by atoms with Crippen LogP contribution < -0.4 is 5.32 Å². The first-order valence-corrected chi connectivity index (χ1v) is 5.71. The summed E-state index contributed by atoms with van der Waals surface area (Å²) >= 11 is 0. The Hall–Kier alpha value is -2.07. The maximum atomic E-state index is 11.8. The van der Waals surface area contributed by atoms with Crippen LogP contribution in [0.15, 0.2) is 41.0 Å². The van der Waals surface area contributed by atoms with Gasteiger partial charge in [-0.05, 0) is 24.1 Å². The number of rotatable bonds is 4. The van der Waals surface area contributed by atoms with Gasteiger partial charge in [-0.25, -0.2) is 0 Å². The molecule has 2 aromatic rings. The largest absolute Gasteiger partial charge is 0.469 e. The molecule has 1 aromatic carbocycles. The lowest BCUT2D eigenvalue weighted by Gasteiger charge is -2.06. The van der Waals surface area contributed by atoms with Crippen molar-refractivity contribution < 1.29 is 14.3 Å². The van der Waals surface area contributed by atoms with Gasteiger partial charge in [0.05, 0.1) is 18.4 Å². The summed E-state index contributed by atoms with van der Waals surface area (Å²) in [6, 6.07) is 9.11. The van der Waals surface area contributed by atoms with Gasteiger partial charge >= 0.3 is 0 Å². The summed E-state index contributed by atoms with van der Waals surface area (Å²) in [4.78, 5) is 11.8. The molecule has 18 heavy (non-hydrogen) atoms. The van der Waals surface area contributed by atoms with E-state index in [0.717, 1.165) is 11.1 Å². The van der Waals surface area contributed by atoms with Crippen molar-refractivity contribution >= 4 is 5.91 Å². The molecular formula is C14H15NO3. The normalized spacial score (nSPS) is 10.3. The van der Waals surface area contributed by atoms with E-state index in [1.807, 2.05) is 24.3 Å². The van der Waals surface area contributed by atoms with Crippen molar-refractivity contribution in [1.29, 1.82) is 0 Å². The van der Waals surface area contributed by atoms with Crippen molar-refractivity contribution in [2.24, 2.45) is 0 Å². The molecule has 2 rings (SSSR count). The Morgan fingerprint density at radius 2 is 2.11 bits per heavy atom. The number of aliphatic hydroxyl groups is 1. The van der Waals surface area contributed by atoms with Crippen molar-refractivity contribution in [3.05, 3.63) is 59.0 Å². The summed E-state index contributed by atoms with van der Waals surface area (Å²) in [5, 5.41) is 11.8. The van der Waals surface area contributed by atoms with Gasteiger partial charge in [0, 0.05) is 6.54 Å². The van der Waals surface area contributed by atoms with Gasteiger partial charge in [0.2, 0.25) is 0 Å². The zero-order valence-electron chi connectivity index (χ0n) is 10.1. The summed E-state index contributed by atoms with van der Waals surface area (Å²) in [7, 11) is 0. The number of hydrogen-bond acceptors (Lipinski definition) is 3. The summed E-state index contributed by atoms with van der Waals surface area (Å²) in [5.41, 5.74) is 2.34. The number of carbonyl (C=O) groups is 1. The highest BCUT2D eigenvalue weighted by Gasteiger charge is 2.10. The zero-order chi connectivity index (χ0) is 13.0. The third-order valence-corrected chi connectivity index (χ3v) is 2.73. The molecule has 0 spiro atoms. The van der Waals surface area contributed by atoms with E-state index in [9.17, 15) is 4.79 Å². The molecule has 0 bridgehead atoms. The molecule has 1 aromatic heterocycles. The zero-order valence-corrected chi connectivity index (χ0v) is 10.1. The highest BCUT2D eigenvalue weighted by atomic mass is 16.3. The van der Waals surface area contributed by atoms with Gasteiger partial charge in [0.15, 0.2) is 0 Å². The number of amides is 1. The highest BCUT2D eigenvalue weighted by Crippen LogP contribution is 2.09. The molecule has 0 aliphatic heterocycles. The molecule has 4 heteroatoms. The number of aliphatic hydroxyl groups excluding tert-OH is 1. The molecule has 0 saturated heterocycles. The van der Waals surface area contributed by atoms with Gasteiger partial charge in [-0.1, -0.05) is 24.3 Å². The Balaban J connectivity index is 1.99. The van der Waals surface area contributed by atoms with Gasteiger partial charge in [0.25, 0.3) is 5.91 Å². The van der Waals surface area contributed by atoms with Crippen LogP contribution in [0, 0.1) is 6.92 Å². The molecule has 0 aliphatic rings. The van der Waals surface area contributed by atoms with E-state index < -0.39 is 0 Å². The van der Waals surface area contributed by atoms with Crippen LogP contribution in [0.3, 0.4) is 0 Å². The minimum atomic E-state index is -0.157. The Labute approximate surface area is 105 Å². The van der Waals surface area contributed by atoms with Gasteiger partial charge in [0.1, 0.15) is 5.76 Å². The van der Waals surface area contributed by atoms with Crippen molar-refractivity contribution in [2.45, 2.75) is 20.1 Å². The molecule has 0 saturated carbocycles. The molecule has 0 unspecified atom stereocenters. The molecule has 0 aliphatic carbocycles. The fourth-order valence-electron chi connectivity index (χ4n) is 1.74. The Kier molecular flexibility index (Phi) is 3.79. The van der Waals surface area contributed by atoms with Gasteiger partial charge in [-0.3, -0.25) is 4.79 Å². The number of aryl methyl sites for hydroxylation is 1. The number of furan rings is 1. The van der Waals surface area contributed by atoms with Gasteiger partial charge < -0.3 is 14.8 Å². The molecule has 1 heterocycles. The van der Waals surface area contributed by atoms with E-state index in [-0.39, 0.29) is 12.5 Å². The average Bonchev–Trinajstić information content (AvgIpc) is 2.82. The lowest BCUT2D eigenvalue weighted by atomic mass is 10.1. The van der Waals surface area contributed by atoms with Crippen LogP contribution in [0.5, 0.6) is 0 Å². The molecule has 0 fully saturated rings. The predicted molar refractivity (Wildman–Crippen MR) is 67.0 cm³/mol. The molecule has 0 atom stereocenters. The smallest absolute Gasteiger partial charge is 0.255 e. The lowest BCUT2D eigenvalue weighted by Crippen LogP contribution is -2.22. The number of hydrogen-bond donors (Lipinski definition) is 2. The second-order valence-corrected chi connectivity index (χ2v) is 4.05. The summed E-state index contributed by atoms with van der Waals surface area (Å²) < 4.78 is 5.08. The van der Waals surface area contributed by atoms with E-state index in [1.54, 1.807) is 13.0 Å². The molecule has 0 radical (unpaired) electrons. The second kappa shape index (κ2) is 5.51. The van der Waals surface area contributed by atoms with Crippen LogP contribution in [0.2, 0.25) is 0 Å². The van der Waals surface area contributed by atoms with E-state index in [0.29, 0.717) is 17.9 Å². The van der Waals surface area contributed by atoms with Crippen LogP contribution >= 0.6 is 0 Å². The SMILES string of the molecule is Cc1occc1C(=O)NCc1cccc(CO)c1. The predicted octanol–water partition coefficient (Wildman–Crippen LogP) is 2.01. The van der Waals surface area contributed by atoms with E-state index in [2.05, 4.69) is 5.32 Å². The summed E-state index contributed by atoms with van der Waals surface area (Å²) in [5.74, 6) is 0.451. The fraction of sp³-hybridized carbons (Fsp3) is 0.214. The first kappa shape index (κ1) is 12.4. The maximum Gasteiger partial charge on any atom is 0.255 e. The number of benzene rings is 1. The quantitative estimate of drug-likeness (QED) is 0.866. The van der Waals surface area contributed by atoms with E-state index >= 15 is 0 Å². The average molecular weight is 245 g/mol. The maximum absolute atomic E-state index is 11.8. The highest BCUT2D eigenvalue weighted by molar-refractivity contribution is 5.94. The third-order valence-electron chi connectivity index (χ3n) is 2.73. The van der Waals surface area contributed by atoms with Gasteiger partial charge in [-0.2, -0.15) is 0 Å². The first-order valence-electron chi connectivity index (χ1n) is 5.71. The standard InChI is InChI=1S/C14H15NO3/c1-10-13(5-6-18-10)14(17)15-8-11-3-2-4-12(7-11)9-16/h2-7,16H,8-9H2,1H3,(H,15,17). The Bertz CT molecular complexity index is 545. The molecule has 2 N–H and O–H groups in total. The molecule has 94 valence electrons. The first-order chi connectivity index (χ1) is 8.70. The lowest BCUT2D eigenvalue weighted by molar-refractivity contribution is 0.0949. The van der Waals surface area contributed by atoms with Crippen molar-refractivity contribution in [2.75, 3.05) is 0 Å². The minimum absolute atomic E-state index is 0.00260. The van der Waals surface area contributed by atoms with Crippen molar-refractivity contribution in [3.63, 3.8) is 0 Å². The molecular weight excluding hydrogens is 230 g/mol. The third kappa shape index (κ3) is 2.78. The second-order valence-electron chi connectivity index (χ2n) is 4.05. The minimum Gasteiger partial charge on any atom is -0.469 e.